The van der Waals surface area contributed by atoms with E-state index in [1.807, 2.05) is 0 Å². The molecule has 1 aliphatic rings. The highest BCUT2D eigenvalue weighted by atomic mass is 15.5. The fourth-order valence-electron chi connectivity index (χ4n) is 1.52. The minimum atomic E-state index is 0.219. The van der Waals surface area contributed by atoms with Crippen LogP contribution in [-0.4, -0.2) is 40.1 Å². The molecule has 1 aromatic rings. The van der Waals surface area contributed by atoms with Gasteiger partial charge in [0.1, 0.15) is 0 Å². The second-order valence-electron chi connectivity index (χ2n) is 3.40. The van der Waals surface area contributed by atoms with Gasteiger partial charge in [0.15, 0.2) is 0 Å². The Kier molecular flexibility index (Phi) is 2.82. The number of anilines is 3. The van der Waals surface area contributed by atoms with Crippen molar-refractivity contribution in [2.24, 2.45) is 0 Å². The van der Waals surface area contributed by atoms with Crippen LogP contribution in [-0.2, 0) is 0 Å². The van der Waals surface area contributed by atoms with Crippen molar-refractivity contribution in [1.29, 1.82) is 0 Å². The maximum Gasteiger partial charge on any atom is 0.244 e. The van der Waals surface area contributed by atoms with Crippen molar-refractivity contribution < 1.29 is 0 Å². The zero-order chi connectivity index (χ0) is 10.7. The lowest BCUT2D eigenvalue weighted by atomic mass is 10.4. The molecule has 0 saturated carbocycles. The molecule has 82 valence electrons. The van der Waals surface area contributed by atoms with Crippen molar-refractivity contribution in [1.82, 2.24) is 20.0 Å². The second kappa shape index (κ2) is 4.26. The Bertz CT molecular complexity index is 334. The third kappa shape index (κ3) is 2.44. The Morgan fingerprint density at radius 2 is 1.80 bits per heavy atom. The van der Waals surface area contributed by atoms with Gasteiger partial charge in [-0.05, 0) is 12.8 Å². The summed E-state index contributed by atoms with van der Waals surface area (Å²) in [5.41, 5.74) is 8.66. The van der Waals surface area contributed by atoms with E-state index in [4.69, 9.17) is 5.73 Å². The average molecular weight is 209 g/mol. The molecule has 7 heteroatoms. The Hall–Kier alpha value is -1.63. The zero-order valence-corrected chi connectivity index (χ0v) is 8.69. The highest BCUT2D eigenvalue weighted by Gasteiger charge is 2.13. The first-order valence-electron chi connectivity index (χ1n) is 4.99. The highest BCUT2D eigenvalue weighted by Crippen LogP contribution is 2.11. The molecule has 0 unspecified atom stereocenters. The summed E-state index contributed by atoms with van der Waals surface area (Å²) in [7, 11) is 1.74. The summed E-state index contributed by atoms with van der Waals surface area (Å²) in [6.45, 7) is 2.03. The van der Waals surface area contributed by atoms with Crippen molar-refractivity contribution in [2.45, 2.75) is 12.8 Å². The van der Waals surface area contributed by atoms with Gasteiger partial charge in [-0.15, -0.1) is 0 Å². The lowest BCUT2D eigenvalue weighted by Gasteiger charge is -2.16. The Morgan fingerprint density at radius 3 is 2.47 bits per heavy atom. The fourth-order valence-corrected chi connectivity index (χ4v) is 1.52. The molecule has 1 saturated heterocycles. The zero-order valence-electron chi connectivity index (χ0n) is 8.69. The van der Waals surface area contributed by atoms with Gasteiger partial charge in [-0.25, -0.2) is 5.01 Å². The smallest absolute Gasteiger partial charge is 0.244 e. The summed E-state index contributed by atoms with van der Waals surface area (Å²) in [4.78, 5) is 12.1. The second-order valence-corrected chi connectivity index (χ2v) is 3.40. The van der Waals surface area contributed by atoms with E-state index >= 15 is 0 Å². The van der Waals surface area contributed by atoms with Gasteiger partial charge in [-0.3, -0.25) is 5.43 Å². The summed E-state index contributed by atoms with van der Waals surface area (Å²) in [5, 5.41) is 4.91. The van der Waals surface area contributed by atoms with Crippen LogP contribution in [0.2, 0.25) is 0 Å². The summed E-state index contributed by atoms with van der Waals surface area (Å²) in [6.07, 6.45) is 2.40. The normalized spacial score (nSPS) is 16.6. The van der Waals surface area contributed by atoms with E-state index in [9.17, 15) is 0 Å². The van der Waals surface area contributed by atoms with Gasteiger partial charge in [0, 0.05) is 20.1 Å². The maximum absolute atomic E-state index is 5.55. The van der Waals surface area contributed by atoms with E-state index in [-0.39, 0.29) is 5.95 Å². The van der Waals surface area contributed by atoms with Gasteiger partial charge in [-0.2, -0.15) is 15.0 Å². The summed E-state index contributed by atoms with van der Waals surface area (Å²) >= 11 is 0. The number of nitrogens with zero attached hydrogens (tertiary/aromatic N) is 4. The standard InChI is InChI=1S/C8H15N7/c1-10-7-11-6(9)12-8(13-7)14-15-4-2-3-5-15/h2-5H2,1H3,(H4,9,10,11,12,13,14). The number of hydrogen-bond donors (Lipinski definition) is 3. The van der Waals surface area contributed by atoms with Crippen molar-refractivity contribution in [3.8, 4) is 0 Å². The first kappa shape index (κ1) is 9.91. The highest BCUT2D eigenvalue weighted by molar-refractivity contribution is 5.38. The van der Waals surface area contributed by atoms with Crippen LogP contribution in [0, 0.1) is 0 Å². The van der Waals surface area contributed by atoms with Crippen LogP contribution in [0.25, 0.3) is 0 Å². The number of nitrogen functional groups attached to an aromatic ring is 1. The van der Waals surface area contributed by atoms with Gasteiger partial charge in [0.2, 0.25) is 17.8 Å². The molecule has 0 atom stereocenters. The van der Waals surface area contributed by atoms with E-state index in [2.05, 4.69) is 30.7 Å². The van der Waals surface area contributed by atoms with Crippen LogP contribution in [0.4, 0.5) is 17.8 Å². The van der Waals surface area contributed by atoms with Crippen LogP contribution in [0.5, 0.6) is 0 Å². The van der Waals surface area contributed by atoms with E-state index < -0.39 is 0 Å². The number of nitrogens with two attached hydrogens (primary N) is 1. The summed E-state index contributed by atoms with van der Waals surface area (Å²) < 4.78 is 0. The average Bonchev–Trinajstić information content (AvgIpc) is 2.69. The van der Waals surface area contributed by atoms with E-state index in [0.717, 1.165) is 13.1 Å². The first-order chi connectivity index (χ1) is 7.28. The molecule has 0 aliphatic carbocycles. The third-order valence-corrected chi connectivity index (χ3v) is 2.24. The number of hydrazine groups is 1. The number of nitrogens with one attached hydrogen (secondary N) is 2. The van der Waals surface area contributed by atoms with Gasteiger partial charge in [-0.1, -0.05) is 0 Å². The minimum Gasteiger partial charge on any atom is -0.368 e. The van der Waals surface area contributed by atoms with Crippen LogP contribution in [0.3, 0.4) is 0 Å². The molecule has 7 nitrogen and oxygen atoms in total. The Morgan fingerprint density at radius 1 is 1.13 bits per heavy atom. The van der Waals surface area contributed by atoms with Crippen molar-refractivity contribution in [3.63, 3.8) is 0 Å². The molecule has 0 bridgehead atoms. The lowest BCUT2D eigenvalue weighted by Crippen LogP contribution is -2.27. The molecular formula is C8H15N7. The Labute approximate surface area is 88.1 Å². The largest absolute Gasteiger partial charge is 0.368 e. The molecule has 0 spiro atoms. The minimum absolute atomic E-state index is 0.219. The van der Waals surface area contributed by atoms with E-state index in [1.165, 1.54) is 12.8 Å². The van der Waals surface area contributed by atoms with Gasteiger partial charge in [0.05, 0.1) is 0 Å². The number of aromatic nitrogens is 3. The molecular weight excluding hydrogens is 194 g/mol. The van der Waals surface area contributed by atoms with Gasteiger partial charge < -0.3 is 11.1 Å². The van der Waals surface area contributed by atoms with Crippen molar-refractivity contribution in [3.05, 3.63) is 0 Å². The van der Waals surface area contributed by atoms with Gasteiger partial charge >= 0.3 is 0 Å². The molecule has 1 aliphatic heterocycles. The molecule has 0 amide bonds. The quantitative estimate of drug-likeness (QED) is 0.641. The third-order valence-electron chi connectivity index (χ3n) is 2.24. The SMILES string of the molecule is CNc1nc(N)nc(NN2CCCC2)n1. The molecule has 4 N–H and O–H groups in total. The molecule has 1 aromatic heterocycles. The number of rotatable bonds is 3. The predicted molar refractivity (Wildman–Crippen MR) is 58.2 cm³/mol. The molecule has 1 fully saturated rings. The predicted octanol–water partition coefficient (Wildman–Crippen LogP) is -0.0818. The monoisotopic (exact) mass is 209 g/mol. The molecule has 0 aromatic carbocycles. The summed E-state index contributed by atoms with van der Waals surface area (Å²) in [5.74, 6) is 1.19. The molecule has 0 radical (unpaired) electrons. The Balaban J connectivity index is 2.09. The van der Waals surface area contributed by atoms with Gasteiger partial charge in [0.25, 0.3) is 0 Å². The fraction of sp³-hybridized carbons (Fsp3) is 0.625. The van der Waals surface area contributed by atoms with Crippen LogP contribution >= 0.6 is 0 Å². The molecule has 2 heterocycles. The topological polar surface area (TPSA) is 92.0 Å². The maximum atomic E-state index is 5.55. The molecule has 15 heavy (non-hydrogen) atoms. The van der Waals surface area contributed by atoms with Crippen LogP contribution in [0.15, 0.2) is 0 Å². The van der Waals surface area contributed by atoms with Crippen LogP contribution < -0.4 is 16.5 Å². The lowest BCUT2D eigenvalue weighted by molar-refractivity contribution is 0.406. The summed E-state index contributed by atoms with van der Waals surface area (Å²) in [6, 6.07) is 0. The van der Waals surface area contributed by atoms with Crippen molar-refractivity contribution in [2.75, 3.05) is 36.6 Å². The van der Waals surface area contributed by atoms with E-state index in [1.54, 1.807) is 7.05 Å². The number of hydrogen-bond acceptors (Lipinski definition) is 7. The van der Waals surface area contributed by atoms with Crippen molar-refractivity contribution >= 4 is 17.8 Å². The van der Waals surface area contributed by atoms with Crippen LogP contribution in [0.1, 0.15) is 12.8 Å². The molecule has 2 rings (SSSR count). The first-order valence-corrected chi connectivity index (χ1v) is 4.99. The van der Waals surface area contributed by atoms with E-state index in [0.29, 0.717) is 11.9 Å².